The van der Waals surface area contributed by atoms with Crippen molar-refractivity contribution in [1.29, 1.82) is 0 Å². The summed E-state index contributed by atoms with van der Waals surface area (Å²) in [5.41, 5.74) is 1.11. The summed E-state index contributed by atoms with van der Waals surface area (Å²) in [6, 6.07) is 6.96. The second kappa shape index (κ2) is 6.67. The third-order valence-corrected chi connectivity index (χ3v) is 4.35. The minimum absolute atomic E-state index is 0.156. The third-order valence-electron chi connectivity index (χ3n) is 4.35. The van der Waals surface area contributed by atoms with Crippen LogP contribution in [-0.4, -0.2) is 37.2 Å². The summed E-state index contributed by atoms with van der Waals surface area (Å²) in [5, 5.41) is 9.96. The first-order chi connectivity index (χ1) is 13.0. The number of anilines is 1. The van der Waals surface area contributed by atoms with E-state index >= 15 is 0 Å². The number of hydrogen-bond acceptors (Lipinski definition) is 5. The molecule has 9 nitrogen and oxygen atoms in total. The lowest BCUT2D eigenvalue weighted by Crippen LogP contribution is -2.28. The zero-order valence-electron chi connectivity index (χ0n) is 14.7. The van der Waals surface area contributed by atoms with Crippen LogP contribution in [0.2, 0.25) is 0 Å². The van der Waals surface area contributed by atoms with Gasteiger partial charge in [0.1, 0.15) is 18.3 Å². The Morgan fingerprint density at radius 2 is 2.11 bits per heavy atom. The smallest absolute Gasteiger partial charge is 0.264 e. The number of carbonyl (C=O) groups is 2. The van der Waals surface area contributed by atoms with E-state index in [1.54, 1.807) is 31.3 Å². The summed E-state index contributed by atoms with van der Waals surface area (Å²) in [6.45, 7) is -0.185. The molecule has 0 saturated heterocycles. The Bertz CT molecular complexity index is 1100. The summed E-state index contributed by atoms with van der Waals surface area (Å²) < 4.78 is 2.72. The van der Waals surface area contributed by atoms with Crippen LogP contribution in [0.25, 0.3) is 11.0 Å². The Labute approximate surface area is 154 Å². The second-order valence-corrected chi connectivity index (χ2v) is 6.56. The van der Waals surface area contributed by atoms with E-state index in [0.717, 1.165) is 12.8 Å². The molecule has 3 aromatic rings. The van der Waals surface area contributed by atoms with Gasteiger partial charge in [0.15, 0.2) is 5.65 Å². The van der Waals surface area contributed by atoms with E-state index in [9.17, 15) is 14.4 Å². The van der Waals surface area contributed by atoms with E-state index in [4.69, 9.17) is 0 Å². The maximum absolute atomic E-state index is 12.4. The predicted octanol–water partition coefficient (Wildman–Crippen LogP) is 0.661. The molecule has 1 aliphatic rings. The van der Waals surface area contributed by atoms with E-state index in [1.807, 2.05) is 0 Å². The highest BCUT2D eigenvalue weighted by atomic mass is 16.2. The molecule has 1 aliphatic carbocycles. The minimum Gasteiger partial charge on any atom is -0.349 e. The lowest BCUT2D eigenvalue weighted by atomic mass is 10.2. The molecule has 0 aliphatic heterocycles. The molecule has 2 heterocycles. The molecule has 1 fully saturated rings. The maximum Gasteiger partial charge on any atom is 0.264 e. The zero-order chi connectivity index (χ0) is 19.0. The summed E-state index contributed by atoms with van der Waals surface area (Å²) in [4.78, 5) is 41.0. The number of aromatic nitrogens is 4. The summed E-state index contributed by atoms with van der Waals surface area (Å²) in [7, 11) is 1.69. The van der Waals surface area contributed by atoms with E-state index in [1.165, 1.54) is 21.8 Å². The number of amides is 2. The molecule has 1 saturated carbocycles. The standard InChI is InChI=1S/C18H18N6O3/c1-23-16-14(8-20-23)18(27)24(10-19-16)9-15(25)21-13-4-2-3-11(7-13)17(26)22-12-5-6-12/h2-4,7-8,10,12H,5-6,9H2,1H3,(H,21,25)(H,22,26). The number of hydrogen-bond donors (Lipinski definition) is 2. The first-order valence-electron chi connectivity index (χ1n) is 8.59. The van der Waals surface area contributed by atoms with Crippen molar-refractivity contribution in [1.82, 2.24) is 24.6 Å². The molecule has 2 N–H and O–H groups in total. The van der Waals surface area contributed by atoms with Crippen molar-refractivity contribution in [2.75, 3.05) is 5.32 Å². The first-order valence-corrected chi connectivity index (χ1v) is 8.59. The molecular weight excluding hydrogens is 348 g/mol. The molecule has 2 aromatic heterocycles. The fraction of sp³-hybridized carbons (Fsp3) is 0.278. The van der Waals surface area contributed by atoms with Gasteiger partial charge in [-0.05, 0) is 31.0 Å². The van der Waals surface area contributed by atoms with Crippen LogP contribution in [0.4, 0.5) is 5.69 Å². The van der Waals surface area contributed by atoms with Crippen LogP contribution in [0.15, 0.2) is 41.6 Å². The quantitative estimate of drug-likeness (QED) is 0.689. The highest BCUT2D eigenvalue weighted by Gasteiger charge is 2.23. The first kappa shape index (κ1) is 17.0. The molecular formula is C18H18N6O3. The molecule has 0 spiro atoms. The van der Waals surface area contributed by atoms with Crippen molar-refractivity contribution < 1.29 is 9.59 Å². The minimum atomic E-state index is -0.387. The Morgan fingerprint density at radius 1 is 1.30 bits per heavy atom. The summed E-state index contributed by atoms with van der Waals surface area (Å²) in [5.74, 6) is -0.544. The summed E-state index contributed by atoms with van der Waals surface area (Å²) in [6.07, 6.45) is 4.77. The lowest BCUT2D eigenvalue weighted by molar-refractivity contribution is -0.116. The van der Waals surface area contributed by atoms with Gasteiger partial charge in [-0.15, -0.1) is 0 Å². The number of nitrogens with zero attached hydrogens (tertiary/aromatic N) is 4. The van der Waals surface area contributed by atoms with Crippen molar-refractivity contribution in [2.24, 2.45) is 7.05 Å². The number of rotatable bonds is 5. The van der Waals surface area contributed by atoms with Crippen LogP contribution in [0.1, 0.15) is 23.2 Å². The van der Waals surface area contributed by atoms with E-state index in [0.29, 0.717) is 22.3 Å². The van der Waals surface area contributed by atoms with Gasteiger partial charge in [-0.2, -0.15) is 5.10 Å². The topological polar surface area (TPSA) is 111 Å². The van der Waals surface area contributed by atoms with Crippen LogP contribution < -0.4 is 16.2 Å². The Kier molecular flexibility index (Phi) is 4.19. The largest absolute Gasteiger partial charge is 0.349 e. The molecule has 0 radical (unpaired) electrons. The summed E-state index contributed by atoms with van der Waals surface area (Å²) >= 11 is 0. The molecule has 138 valence electrons. The highest BCUT2D eigenvalue weighted by molar-refractivity contribution is 5.97. The Hall–Kier alpha value is -3.49. The van der Waals surface area contributed by atoms with E-state index in [-0.39, 0.29) is 30.0 Å². The van der Waals surface area contributed by atoms with Gasteiger partial charge in [0.25, 0.3) is 11.5 Å². The number of fused-ring (bicyclic) bond motifs is 1. The molecule has 0 unspecified atom stereocenters. The number of aryl methyl sites for hydroxylation is 1. The van der Waals surface area contributed by atoms with Gasteiger partial charge in [0, 0.05) is 24.3 Å². The second-order valence-electron chi connectivity index (χ2n) is 6.56. The molecule has 27 heavy (non-hydrogen) atoms. The van der Waals surface area contributed by atoms with Crippen molar-refractivity contribution in [3.05, 3.63) is 52.7 Å². The number of benzene rings is 1. The average molecular weight is 366 g/mol. The highest BCUT2D eigenvalue weighted by Crippen LogP contribution is 2.20. The van der Waals surface area contributed by atoms with Crippen molar-refractivity contribution in [3.8, 4) is 0 Å². The number of carbonyl (C=O) groups excluding carboxylic acids is 2. The molecule has 4 rings (SSSR count). The molecule has 9 heteroatoms. The van der Waals surface area contributed by atoms with Gasteiger partial charge in [0.2, 0.25) is 5.91 Å². The Balaban J connectivity index is 1.47. The van der Waals surface area contributed by atoms with Gasteiger partial charge in [-0.3, -0.25) is 23.6 Å². The molecule has 1 aromatic carbocycles. The normalized spacial score (nSPS) is 13.5. The number of nitrogens with one attached hydrogen (secondary N) is 2. The fourth-order valence-corrected chi connectivity index (χ4v) is 2.77. The van der Waals surface area contributed by atoms with Gasteiger partial charge in [0.05, 0.1) is 6.20 Å². The van der Waals surface area contributed by atoms with Crippen LogP contribution in [0.3, 0.4) is 0 Å². The van der Waals surface area contributed by atoms with Crippen LogP contribution in [0, 0.1) is 0 Å². The molecule has 0 atom stereocenters. The monoisotopic (exact) mass is 366 g/mol. The van der Waals surface area contributed by atoms with E-state index < -0.39 is 0 Å². The zero-order valence-corrected chi connectivity index (χ0v) is 14.7. The third kappa shape index (κ3) is 3.57. The van der Waals surface area contributed by atoms with Crippen LogP contribution in [0.5, 0.6) is 0 Å². The fourth-order valence-electron chi connectivity index (χ4n) is 2.77. The van der Waals surface area contributed by atoms with Crippen molar-refractivity contribution in [3.63, 3.8) is 0 Å². The van der Waals surface area contributed by atoms with Crippen molar-refractivity contribution in [2.45, 2.75) is 25.4 Å². The Morgan fingerprint density at radius 3 is 2.89 bits per heavy atom. The van der Waals surface area contributed by atoms with Gasteiger partial charge in [-0.1, -0.05) is 6.07 Å². The van der Waals surface area contributed by atoms with Gasteiger partial charge >= 0.3 is 0 Å². The SMILES string of the molecule is Cn1ncc2c(=O)n(CC(=O)Nc3cccc(C(=O)NC4CC4)c3)cnc21. The van der Waals surface area contributed by atoms with Crippen molar-refractivity contribution >= 4 is 28.5 Å². The maximum atomic E-state index is 12.4. The van der Waals surface area contributed by atoms with Gasteiger partial charge < -0.3 is 10.6 Å². The predicted molar refractivity (Wildman–Crippen MR) is 98.3 cm³/mol. The van der Waals surface area contributed by atoms with Crippen LogP contribution in [-0.2, 0) is 18.4 Å². The molecule has 2 amide bonds. The molecule has 0 bridgehead atoms. The average Bonchev–Trinajstić information content (AvgIpc) is 3.38. The van der Waals surface area contributed by atoms with Gasteiger partial charge in [-0.25, -0.2) is 4.98 Å². The van der Waals surface area contributed by atoms with Crippen LogP contribution >= 0.6 is 0 Å². The lowest BCUT2D eigenvalue weighted by Gasteiger charge is -2.09. The van der Waals surface area contributed by atoms with E-state index in [2.05, 4.69) is 20.7 Å².